The summed E-state index contributed by atoms with van der Waals surface area (Å²) in [6.45, 7) is 1.83. The minimum absolute atomic E-state index is 0.216. The van der Waals surface area contributed by atoms with E-state index in [1.165, 1.54) is 23.1 Å². The smallest absolute Gasteiger partial charge is 0.257 e. The van der Waals surface area contributed by atoms with Gasteiger partial charge < -0.3 is 5.32 Å². The average Bonchev–Trinajstić information content (AvgIpc) is 3.16. The number of pyridine rings is 1. The zero-order valence-corrected chi connectivity index (χ0v) is 16.5. The van der Waals surface area contributed by atoms with Crippen molar-refractivity contribution in [2.75, 3.05) is 5.32 Å². The van der Waals surface area contributed by atoms with Gasteiger partial charge in [-0.3, -0.25) is 9.78 Å². The summed E-state index contributed by atoms with van der Waals surface area (Å²) in [6, 6.07) is 15.0. The Morgan fingerprint density at radius 1 is 1.19 bits per heavy atom. The van der Waals surface area contributed by atoms with Crippen LogP contribution in [0.4, 0.5) is 5.69 Å². The highest BCUT2D eigenvalue weighted by Crippen LogP contribution is 2.35. The van der Waals surface area contributed by atoms with E-state index in [1.54, 1.807) is 11.6 Å². The molecule has 4 aromatic rings. The maximum atomic E-state index is 12.7. The molecule has 5 nitrogen and oxygen atoms in total. The highest BCUT2D eigenvalue weighted by molar-refractivity contribution is 8.01. The average molecular weight is 413 g/mol. The molecule has 2 heterocycles. The van der Waals surface area contributed by atoms with Gasteiger partial charge >= 0.3 is 0 Å². The van der Waals surface area contributed by atoms with Gasteiger partial charge in [-0.25, -0.2) is 0 Å². The van der Waals surface area contributed by atoms with Crippen LogP contribution in [0.3, 0.4) is 0 Å². The Hall–Kier alpha value is -2.48. The molecule has 2 aromatic carbocycles. The van der Waals surface area contributed by atoms with Crippen LogP contribution in [-0.2, 0) is 0 Å². The number of carbonyl (C=O) groups is 1. The van der Waals surface area contributed by atoms with Crippen LogP contribution in [-0.4, -0.2) is 21.1 Å². The summed E-state index contributed by atoms with van der Waals surface area (Å²) in [5.41, 5.74) is 4.38. The number of nitrogens with one attached hydrogen (secondary N) is 1. The summed E-state index contributed by atoms with van der Waals surface area (Å²) in [4.78, 5) is 18.1. The molecule has 0 saturated carbocycles. The van der Waals surface area contributed by atoms with Crippen molar-refractivity contribution in [3.05, 3.63) is 70.3 Å². The fourth-order valence-corrected chi connectivity index (χ4v) is 4.34. The Labute approximate surface area is 168 Å². The van der Waals surface area contributed by atoms with Crippen LogP contribution in [0, 0.1) is 6.92 Å². The summed E-state index contributed by atoms with van der Waals surface area (Å²) >= 11 is 9.24. The number of para-hydroxylation sites is 1. The Bertz CT molecular complexity index is 1130. The summed E-state index contributed by atoms with van der Waals surface area (Å²) in [6.07, 6.45) is 0. The number of fused-ring (bicyclic) bond motifs is 1. The number of nitrogens with zero attached hydrogens (tertiary/aromatic N) is 3. The third kappa shape index (κ3) is 3.95. The summed E-state index contributed by atoms with van der Waals surface area (Å²) in [5.74, 6) is -0.216. The monoisotopic (exact) mass is 412 g/mol. The lowest BCUT2D eigenvalue weighted by Crippen LogP contribution is -2.14. The number of hydrogen-bond donors (Lipinski definition) is 1. The Morgan fingerprint density at radius 3 is 2.81 bits per heavy atom. The summed E-state index contributed by atoms with van der Waals surface area (Å²) in [7, 11) is 0. The van der Waals surface area contributed by atoms with Crippen molar-refractivity contribution in [1.29, 1.82) is 0 Å². The standard InChI is InChI=1S/C19H13ClN4OS2/c1-11-14(8-12-4-2-3-5-16(12)22-11)18(25)23-13-6-7-17(15(20)9-13)27-19-24-21-10-26-19/h2-10H,1H3,(H,23,25). The number of rotatable bonds is 4. The molecule has 0 fully saturated rings. The van der Waals surface area contributed by atoms with Gasteiger partial charge in [0.15, 0.2) is 4.34 Å². The molecule has 8 heteroatoms. The molecule has 4 rings (SSSR count). The van der Waals surface area contributed by atoms with Gasteiger partial charge in [0, 0.05) is 16.0 Å². The molecule has 2 aromatic heterocycles. The second kappa shape index (κ2) is 7.64. The number of anilines is 1. The maximum absolute atomic E-state index is 12.7. The van der Waals surface area contributed by atoms with E-state index >= 15 is 0 Å². The molecule has 27 heavy (non-hydrogen) atoms. The van der Waals surface area contributed by atoms with Gasteiger partial charge in [0.05, 0.1) is 21.8 Å². The van der Waals surface area contributed by atoms with Crippen molar-refractivity contribution >= 4 is 57.2 Å². The van der Waals surface area contributed by atoms with Crippen molar-refractivity contribution in [2.24, 2.45) is 0 Å². The van der Waals surface area contributed by atoms with E-state index in [9.17, 15) is 4.79 Å². The third-order valence-electron chi connectivity index (χ3n) is 3.89. The second-order valence-electron chi connectivity index (χ2n) is 5.72. The fourth-order valence-electron chi connectivity index (χ4n) is 2.60. The number of aryl methyl sites for hydroxylation is 1. The van der Waals surface area contributed by atoms with Crippen molar-refractivity contribution in [1.82, 2.24) is 15.2 Å². The zero-order chi connectivity index (χ0) is 18.8. The highest BCUT2D eigenvalue weighted by atomic mass is 35.5. The van der Waals surface area contributed by atoms with E-state index < -0.39 is 0 Å². The number of aromatic nitrogens is 3. The van der Waals surface area contributed by atoms with Crippen molar-refractivity contribution in [3.63, 3.8) is 0 Å². The summed E-state index contributed by atoms with van der Waals surface area (Å²) in [5, 5.41) is 12.2. The minimum atomic E-state index is -0.216. The van der Waals surface area contributed by atoms with Crippen LogP contribution in [0.5, 0.6) is 0 Å². The minimum Gasteiger partial charge on any atom is -0.322 e. The lowest BCUT2D eigenvalue weighted by molar-refractivity contribution is 0.102. The van der Waals surface area contributed by atoms with E-state index in [2.05, 4.69) is 20.5 Å². The van der Waals surface area contributed by atoms with Crippen molar-refractivity contribution < 1.29 is 4.79 Å². The molecule has 0 atom stereocenters. The molecule has 0 unspecified atom stereocenters. The number of carbonyl (C=O) groups excluding carboxylic acids is 1. The fraction of sp³-hybridized carbons (Fsp3) is 0.0526. The van der Waals surface area contributed by atoms with Gasteiger partial charge in [-0.15, -0.1) is 10.2 Å². The SMILES string of the molecule is Cc1nc2ccccc2cc1C(=O)Nc1ccc(Sc2nncs2)c(Cl)c1. The summed E-state index contributed by atoms with van der Waals surface area (Å²) < 4.78 is 0.812. The van der Waals surface area contributed by atoms with E-state index in [0.717, 1.165) is 20.1 Å². The molecule has 0 saturated heterocycles. The molecule has 0 aliphatic carbocycles. The Balaban J connectivity index is 1.56. The molecular formula is C19H13ClN4OS2. The predicted octanol–water partition coefficient (Wildman–Crippen LogP) is 5.45. The van der Waals surface area contributed by atoms with Crippen molar-refractivity contribution in [3.8, 4) is 0 Å². The molecule has 0 aliphatic heterocycles. The molecule has 1 N–H and O–H groups in total. The molecule has 134 valence electrons. The molecule has 0 spiro atoms. The third-order valence-corrected chi connectivity index (χ3v) is 6.16. The van der Waals surface area contributed by atoms with E-state index in [1.807, 2.05) is 49.4 Å². The van der Waals surface area contributed by atoms with Crippen LogP contribution in [0.25, 0.3) is 10.9 Å². The first-order valence-corrected chi connectivity index (χ1v) is 10.1. The van der Waals surface area contributed by atoms with Crippen LogP contribution >= 0.6 is 34.7 Å². The first-order valence-electron chi connectivity index (χ1n) is 8.01. The molecule has 1 amide bonds. The predicted molar refractivity (Wildman–Crippen MR) is 110 cm³/mol. The van der Waals surface area contributed by atoms with Gasteiger partial charge in [-0.05, 0) is 37.3 Å². The first kappa shape index (κ1) is 17.9. The zero-order valence-electron chi connectivity index (χ0n) is 14.1. The maximum Gasteiger partial charge on any atom is 0.257 e. The van der Waals surface area contributed by atoms with Crippen LogP contribution < -0.4 is 5.32 Å². The van der Waals surface area contributed by atoms with Crippen LogP contribution in [0.1, 0.15) is 16.1 Å². The van der Waals surface area contributed by atoms with Gasteiger partial charge in [0.2, 0.25) is 0 Å². The quantitative estimate of drug-likeness (QED) is 0.482. The van der Waals surface area contributed by atoms with Gasteiger partial charge in [-0.2, -0.15) is 0 Å². The number of benzene rings is 2. The van der Waals surface area contributed by atoms with Crippen molar-refractivity contribution in [2.45, 2.75) is 16.2 Å². The number of hydrogen-bond acceptors (Lipinski definition) is 6. The lowest BCUT2D eigenvalue weighted by atomic mass is 10.1. The topological polar surface area (TPSA) is 67.8 Å². The van der Waals surface area contributed by atoms with Gasteiger partial charge in [-0.1, -0.05) is 52.9 Å². The van der Waals surface area contributed by atoms with Crippen LogP contribution in [0.15, 0.2) is 63.3 Å². The number of halogens is 1. The molecule has 0 bridgehead atoms. The van der Waals surface area contributed by atoms with Gasteiger partial charge in [0.1, 0.15) is 5.51 Å². The van der Waals surface area contributed by atoms with Gasteiger partial charge in [0.25, 0.3) is 5.91 Å². The Morgan fingerprint density at radius 2 is 2.04 bits per heavy atom. The Kier molecular flexibility index (Phi) is 5.07. The molecular weight excluding hydrogens is 400 g/mol. The molecule has 0 aliphatic rings. The molecule has 0 radical (unpaired) electrons. The normalized spacial score (nSPS) is 10.9. The van der Waals surface area contributed by atoms with E-state index in [-0.39, 0.29) is 5.91 Å². The van der Waals surface area contributed by atoms with E-state index in [4.69, 9.17) is 11.6 Å². The second-order valence-corrected chi connectivity index (χ2v) is 8.25. The largest absolute Gasteiger partial charge is 0.322 e. The first-order chi connectivity index (χ1) is 13.1. The highest BCUT2D eigenvalue weighted by Gasteiger charge is 2.13. The van der Waals surface area contributed by atoms with Crippen LogP contribution in [0.2, 0.25) is 5.02 Å². The lowest BCUT2D eigenvalue weighted by Gasteiger charge is -2.10. The van der Waals surface area contributed by atoms with E-state index in [0.29, 0.717) is 22.0 Å². The number of amides is 1.